The summed E-state index contributed by atoms with van der Waals surface area (Å²) in [6.07, 6.45) is 0.296. The third kappa shape index (κ3) is 5.68. The molecule has 0 aliphatic carbocycles. The van der Waals surface area contributed by atoms with Crippen LogP contribution in [0.2, 0.25) is 5.02 Å². The van der Waals surface area contributed by atoms with Gasteiger partial charge in [-0.05, 0) is 25.2 Å². The predicted molar refractivity (Wildman–Crippen MR) is 80.5 cm³/mol. The Morgan fingerprint density at radius 1 is 1.47 bits per heavy atom. The van der Waals surface area contributed by atoms with Crippen molar-refractivity contribution in [2.45, 2.75) is 6.42 Å². The molecule has 1 amide bonds. The number of halogens is 2. The van der Waals surface area contributed by atoms with E-state index in [1.54, 1.807) is 37.3 Å². The zero-order chi connectivity index (χ0) is 13.5. The largest absolute Gasteiger partial charge is 0.496 e. The molecule has 0 unspecified atom stereocenters. The van der Waals surface area contributed by atoms with Gasteiger partial charge in [0.1, 0.15) is 5.75 Å². The molecule has 1 aromatic rings. The molecule has 0 saturated carbocycles. The molecular formula is C13H20Cl2N2O2. The maximum Gasteiger partial charge on any atom is 0.226 e. The lowest BCUT2D eigenvalue weighted by Gasteiger charge is -2.17. The van der Waals surface area contributed by atoms with Gasteiger partial charge >= 0.3 is 0 Å². The van der Waals surface area contributed by atoms with E-state index >= 15 is 0 Å². The Balaban J connectivity index is 0.00000324. The number of ether oxygens (including phenoxy) is 1. The molecule has 6 heteroatoms. The fourth-order valence-corrected chi connectivity index (χ4v) is 1.78. The van der Waals surface area contributed by atoms with Crippen molar-refractivity contribution >= 4 is 29.9 Å². The first-order valence-electron chi connectivity index (χ1n) is 5.79. The molecule has 0 aliphatic heterocycles. The van der Waals surface area contributed by atoms with Crippen molar-refractivity contribution in [3.05, 3.63) is 28.8 Å². The van der Waals surface area contributed by atoms with Gasteiger partial charge in [-0.25, -0.2) is 0 Å². The van der Waals surface area contributed by atoms with Gasteiger partial charge in [-0.1, -0.05) is 11.6 Å². The molecule has 1 aromatic carbocycles. The first kappa shape index (κ1) is 18.0. The van der Waals surface area contributed by atoms with Gasteiger partial charge in [0.25, 0.3) is 0 Å². The van der Waals surface area contributed by atoms with Crippen molar-refractivity contribution < 1.29 is 9.53 Å². The normalized spacial score (nSPS) is 9.68. The van der Waals surface area contributed by atoms with Crippen LogP contribution < -0.4 is 10.1 Å². The van der Waals surface area contributed by atoms with Crippen LogP contribution in [-0.2, 0) is 11.2 Å². The lowest BCUT2D eigenvalue weighted by atomic mass is 10.1. The number of nitrogens with one attached hydrogen (secondary N) is 1. The van der Waals surface area contributed by atoms with Crippen molar-refractivity contribution in [1.29, 1.82) is 0 Å². The summed E-state index contributed by atoms with van der Waals surface area (Å²) in [4.78, 5) is 13.7. The topological polar surface area (TPSA) is 41.6 Å². The molecule has 0 aliphatic rings. The number of benzene rings is 1. The number of carbonyl (C=O) groups excluding carboxylic acids is 1. The highest BCUT2D eigenvalue weighted by Gasteiger charge is 2.12. The molecular weight excluding hydrogens is 287 g/mol. The SMILES string of the molecule is CNCCN(C)C(=O)Cc1cc(Cl)ccc1OC.Cl. The van der Waals surface area contributed by atoms with Gasteiger partial charge in [-0.3, -0.25) is 4.79 Å². The highest BCUT2D eigenvalue weighted by Crippen LogP contribution is 2.23. The van der Waals surface area contributed by atoms with Crippen molar-refractivity contribution in [3.8, 4) is 5.75 Å². The van der Waals surface area contributed by atoms with Crippen molar-refractivity contribution in [2.75, 3.05) is 34.3 Å². The number of methoxy groups -OCH3 is 1. The van der Waals surface area contributed by atoms with Crippen LogP contribution in [0.1, 0.15) is 5.56 Å². The van der Waals surface area contributed by atoms with E-state index in [1.807, 2.05) is 7.05 Å². The molecule has 1 rings (SSSR count). The van der Waals surface area contributed by atoms with E-state index in [4.69, 9.17) is 16.3 Å². The molecule has 0 saturated heterocycles. The standard InChI is InChI=1S/C13H19ClN2O2.ClH/c1-15-6-7-16(2)13(17)9-10-8-11(14)4-5-12(10)18-3;/h4-5,8,15H,6-7,9H2,1-3H3;1H. The van der Waals surface area contributed by atoms with Gasteiger partial charge in [0.2, 0.25) is 5.91 Å². The van der Waals surface area contributed by atoms with Crippen molar-refractivity contribution in [2.24, 2.45) is 0 Å². The van der Waals surface area contributed by atoms with Crippen LogP contribution in [0.5, 0.6) is 5.75 Å². The van der Waals surface area contributed by atoms with E-state index in [2.05, 4.69) is 5.32 Å². The molecule has 19 heavy (non-hydrogen) atoms. The minimum Gasteiger partial charge on any atom is -0.496 e. The first-order chi connectivity index (χ1) is 8.58. The van der Waals surface area contributed by atoms with E-state index in [1.165, 1.54) is 0 Å². The highest BCUT2D eigenvalue weighted by molar-refractivity contribution is 6.30. The van der Waals surface area contributed by atoms with E-state index in [0.29, 0.717) is 23.7 Å². The summed E-state index contributed by atoms with van der Waals surface area (Å²) in [7, 11) is 5.23. The minimum atomic E-state index is 0. The smallest absolute Gasteiger partial charge is 0.226 e. The van der Waals surface area contributed by atoms with E-state index in [9.17, 15) is 4.79 Å². The monoisotopic (exact) mass is 306 g/mol. The fraction of sp³-hybridized carbons (Fsp3) is 0.462. The van der Waals surface area contributed by atoms with Crippen LogP contribution in [-0.4, -0.2) is 45.1 Å². The van der Waals surface area contributed by atoms with Crippen LogP contribution in [0.4, 0.5) is 0 Å². The Morgan fingerprint density at radius 2 is 2.16 bits per heavy atom. The average molecular weight is 307 g/mol. The average Bonchev–Trinajstić information content (AvgIpc) is 2.36. The van der Waals surface area contributed by atoms with E-state index in [0.717, 1.165) is 12.1 Å². The molecule has 108 valence electrons. The summed E-state index contributed by atoms with van der Waals surface area (Å²) in [5, 5.41) is 3.62. The van der Waals surface area contributed by atoms with Gasteiger partial charge in [0.15, 0.2) is 0 Å². The molecule has 0 fully saturated rings. The number of likely N-dealkylation sites (N-methyl/N-ethyl adjacent to an activating group) is 2. The Bertz CT molecular complexity index is 414. The third-order valence-corrected chi connectivity index (χ3v) is 2.94. The molecule has 0 bridgehead atoms. The number of nitrogens with zero attached hydrogens (tertiary/aromatic N) is 1. The predicted octanol–water partition coefficient (Wildman–Crippen LogP) is 1.99. The Kier molecular flexibility index (Phi) is 8.56. The summed E-state index contributed by atoms with van der Waals surface area (Å²) >= 11 is 5.93. The Labute approximate surface area is 125 Å². The Hall–Kier alpha value is -0.970. The number of amides is 1. The molecule has 4 nitrogen and oxygen atoms in total. The third-order valence-electron chi connectivity index (χ3n) is 2.71. The summed E-state index contributed by atoms with van der Waals surface area (Å²) < 4.78 is 5.22. The maximum absolute atomic E-state index is 12.0. The van der Waals surface area contributed by atoms with Crippen LogP contribution in [0.3, 0.4) is 0 Å². The van der Waals surface area contributed by atoms with Gasteiger partial charge in [-0.2, -0.15) is 0 Å². The summed E-state index contributed by atoms with van der Waals surface area (Å²) in [5.74, 6) is 0.737. The van der Waals surface area contributed by atoms with Gasteiger partial charge in [0, 0.05) is 30.7 Å². The summed E-state index contributed by atoms with van der Waals surface area (Å²) in [5.41, 5.74) is 0.811. The molecule has 1 N–H and O–H groups in total. The molecule has 0 atom stereocenters. The van der Waals surface area contributed by atoms with Crippen LogP contribution >= 0.6 is 24.0 Å². The number of rotatable bonds is 6. The van der Waals surface area contributed by atoms with Crippen LogP contribution in [0.25, 0.3) is 0 Å². The van der Waals surface area contributed by atoms with E-state index in [-0.39, 0.29) is 18.3 Å². The molecule has 0 heterocycles. The number of carbonyl (C=O) groups is 1. The highest BCUT2D eigenvalue weighted by atomic mass is 35.5. The maximum atomic E-state index is 12.0. The second kappa shape index (κ2) is 9.02. The molecule has 0 aromatic heterocycles. The quantitative estimate of drug-likeness (QED) is 0.874. The van der Waals surface area contributed by atoms with Gasteiger partial charge in [-0.15, -0.1) is 12.4 Å². The van der Waals surface area contributed by atoms with Crippen molar-refractivity contribution in [1.82, 2.24) is 10.2 Å². The number of hydrogen-bond donors (Lipinski definition) is 1. The van der Waals surface area contributed by atoms with Crippen molar-refractivity contribution in [3.63, 3.8) is 0 Å². The Morgan fingerprint density at radius 3 is 2.74 bits per heavy atom. The molecule has 0 spiro atoms. The van der Waals surface area contributed by atoms with E-state index < -0.39 is 0 Å². The lowest BCUT2D eigenvalue weighted by molar-refractivity contribution is -0.129. The van der Waals surface area contributed by atoms with Crippen LogP contribution in [0.15, 0.2) is 18.2 Å². The lowest BCUT2D eigenvalue weighted by Crippen LogP contribution is -2.33. The van der Waals surface area contributed by atoms with Crippen LogP contribution in [0, 0.1) is 0 Å². The second-order valence-corrected chi connectivity index (χ2v) is 4.49. The number of hydrogen-bond acceptors (Lipinski definition) is 3. The summed E-state index contributed by atoms with van der Waals surface area (Å²) in [6.45, 7) is 1.45. The summed E-state index contributed by atoms with van der Waals surface area (Å²) in [6, 6.07) is 5.29. The fourth-order valence-electron chi connectivity index (χ4n) is 1.59. The zero-order valence-electron chi connectivity index (χ0n) is 11.4. The van der Waals surface area contributed by atoms with Gasteiger partial charge < -0.3 is 15.0 Å². The first-order valence-corrected chi connectivity index (χ1v) is 6.17. The minimum absolute atomic E-state index is 0. The van der Waals surface area contributed by atoms with Gasteiger partial charge in [0.05, 0.1) is 13.5 Å². The zero-order valence-corrected chi connectivity index (χ0v) is 13.0. The molecule has 0 radical (unpaired) electrons. The second-order valence-electron chi connectivity index (χ2n) is 4.05.